The maximum Gasteiger partial charge on any atom is 0.372 e. The molecule has 3 heterocycles. The fourth-order valence-electron chi connectivity index (χ4n) is 2.28. The Morgan fingerprint density at radius 1 is 1.35 bits per heavy atom. The van der Waals surface area contributed by atoms with Gasteiger partial charge in [0.15, 0.2) is 0 Å². The summed E-state index contributed by atoms with van der Waals surface area (Å²) in [5, 5.41) is 14.4. The second kappa shape index (κ2) is 6.30. The van der Waals surface area contributed by atoms with E-state index in [9.17, 15) is 10.1 Å². The van der Waals surface area contributed by atoms with Gasteiger partial charge in [-0.05, 0) is 24.0 Å². The number of anilines is 1. The second-order valence-electron chi connectivity index (χ2n) is 4.72. The lowest BCUT2D eigenvalue weighted by Crippen LogP contribution is -2.06. The van der Waals surface area contributed by atoms with Crippen molar-refractivity contribution in [1.29, 1.82) is 0 Å². The maximum atomic E-state index is 11.3. The Balaban J connectivity index is 1.90. The summed E-state index contributed by atoms with van der Waals surface area (Å²) in [6.07, 6.45) is 3.25. The van der Waals surface area contributed by atoms with E-state index >= 15 is 0 Å². The first-order chi connectivity index (χ1) is 11.2. The van der Waals surface area contributed by atoms with Gasteiger partial charge >= 0.3 is 5.82 Å². The van der Waals surface area contributed by atoms with Crippen LogP contribution in [0.15, 0.2) is 42.7 Å². The highest BCUT2D eigenvalue weighted by molar-refractivity contribution is 5.62. The molecule has 0 bridgehead atoms. The minimum atomic E-state index is -0.449. The molecule has 118 valence electrons. The number of nitro groups is 1. The van der Waals surface area contributed by atoms with Gasteiger partial charge in [0.1, 0.15) is 0 Å². The molecule has 0 fully saturated rings. The van der Waals surface area contributed by atoms with Gasteiger partial charge < -0.3 is 20.2 Å². The van der Waals surface area contributed by atoms with Gasteiger partial charge in [-0.2, -0.15) is 9.38 Å². The third kappa shape index (κ3) is 2.91. The summed E-state index contributed by atoms with van der Waals surface area (Å²) in [5.41, 5.74) is 1.32. The molecule has 0 aliphatic carbocycles. The zero-order chi connectivity index (χ0) is 16.2. The molecule has 0 aliphatic rings. The van der Waals surface area contributed by atoms with E-state index in [2.05, 4.69) is 15.3 Å². The molecule has 3 rings (SSSR count). The van der Waals surface area contributed by atoms with Crippen molar-refractivity contribution in [2.75, 3.05) is 11.9 Å². The highest BCUT2D eigenvalue weighted by atomic mass is 16.6. The fraction of sp³-hybridized carbons (Fsp3) is 0.200. The van der Waals surface area contributed by atoms with E-state index in [1.165, 1.54) is 4.40 Å². The molecular weight excluding hydrogens is 298 g/mol. The van der Waals surface area contributed by atoms with Gasteiger partial charge in [-0.3, -0.25) is 0 Å². The zero-order valence-electron chi connectivity index (χ0n) is 12.5. The SMILES string of the molecule is CCOc1ncccc1CNc1nc2ccccn2c1[N+](=O)[O-]. The number of ether oxygens (including phenoxy) is 1. The van der Waals surface area contributed by atoms with Gasteiger partial charge in [0.25, 0.3) is 0 Å². The van der Waals surface area contributed by atoms with Crippen molar-refractivity contribution in [3.63, 3.8) is 0 Å². The number of hydrogen-bond donors (Lipinski definition) is 1. The first-order valence-electron chi connectivity index (χ1n) is 7.12. The van der Waals surface area contributed by atoms with Crippen LogP contribution in [0.1, 0.15) is 12.5 Å². The summed E-state index contributed by atoms with van der Waals surface area (Å²) in [6.45, 7) is 2.70. The van der Waals surface area contributed by atoms with Gasteiger partial charge in [0.2, 0.25) is 17.3 Å². The van der Waals surface area contributed by atoms with E-state index in [1.54, 1.807) is 36.7 Å². The highest BCUT2D eigenvalue weighted by Crippen LogP contribution is 2.26. The first-order valence-corrected chi connectivity index (χ1v) is 7.12. The summed E-state index contributed by atoms with van der Waals surface area (Å²) >= 11 is 0. The minimum Gasteiger partial charge on any atom is -0.478 e. The summed E-state index contributed by atoms with van der Waals surface area (Å²) in [7, 11) is 0. The lowest BCUT2D eigenvalue weighted by molar-refractivity contribution is -0.389. The average molecular weight is 313 g/mol. The van der Waals surface area contributed by atoms with Crippen LogP contribution in [0.2, 0.25) is 0 Å². The van der Waals surface area contributed by atoms with E-state index in [1.807, 2.05) is 13.0 Å². The van der Waals surface area contributed by atoms with Crippen LogP contribution in [0, 0.1) is 10.1 Å². The van der Waals surface area contributed by atoms with Crippen LogP contribution >= 0.6 is 0 Å². The smallest absolute Gasteiger partial charge is 0.372 e. The van der Waals surface area contributed by atoms with Crippen molar-refractivity contribution in [1.82, 2.24) is 14.4 Å². The summed E-state index contributed by atoms with van der Waals surface area (Å²) in [5.74, 6) is 0.629. The molecule has 0 aliphatic heterocycles. The topological polar surface area (TPSA) is 94.6 Å². The third-order valence-electron chi connectivity index (χ3n) is 3.25. The van der Waals surface area contributed by atoms with Crippen molar-refractivity contribution < 1.29 is 9.66 Å². The van der Waals surface area contributed by atoms with Crippen LogP contribution in [0.5, 0.6) is 5.88 Å². The largest absolute Gasteiger partial charge is 0.478 e. The number of pyridine rings is 2. The molecule has 0 saturated carbocycles. The molecule has 0 saturated heterocycles. The third-order valence-corrected chi connectivity index (χ3v) is 3.25. The van der Waals surface area contributed by atoms with Crippen LogP contribution in [-0.4, -0.2) is 25.9 Å². The van der Waals surface area contributed by atoms with Gasteiger partial charge in [0, 0.05) is 24.4 Å². The fourth-order valence-corrected chi connectivity index (χ4v) is 2.28. The Bertz CT molecular complexity index is 846. The molecule has 0 spiro atoms. The van der Waals surface area contributed by atoms with Gasteiger partial charge in [0.05, 0.1) is 12.8 Å². The van der Waals surface area contributed by atoms with E-state index < -0.39 is 4.92 Å². The van der Waals surface area contributed by atoms with Crippen LogP contribution in [0.4, 0.5) is 11.6 Å². The molecule has 23 heavy (non-hydrogen) atoms. The van der Waals surface area contributed by atoms with Crippen molar-refractivity contribution in [3.8, 4) is 5.88 Å². The number of nitrogens with zero attached hydrogens (tertiary/aromatic N) is 4. The van der Waals surface area contributed by atoms with Crippen molar-refractivity contribution in [2.45, 2.75) is 13.5 Å². The monoisotopic (exact) mass is 313 g/mol. The molecule has 1 N–H and O–H groups in total. The number of imidazole rings is 1. The van der Waals surface area contributed by atoms with Crippen molar-refractivity contribution in [2.24, 2.45) is 0 Å². The lowest BCUT2D eigenvalue weighted by atomic mass is 10.2. The molecule has 0 aromatic carbocycles. The van der Waals surface area contributed by atoms with Crippen LogP contribution in [-0.2, 0) is 6.54 Å². The number of hydrogen-bond acceptors (Lipinski definition) is 6. The minimum absolute atomic E-state index is 0.0950. The Kier molecular flexibility index (Phi) is 4.05. The quantitative estimate of drug-likeness (QED) is 0.555. The molecule has 0 amide bonds. The van der Waals surface area contributed by atoms with Gasteiger partial charge in [-0.1, -0.05) is 12.1 Å². The molecule has 0 radical (unpaired) electrons. The standard InChI is InChI=1S/C15H15N5O3/c1-2-23-14-11(6-5-8-16-14)10-17-13-15(20(21)22)19-9-4-3-7-12(19)18-13/h3-9,17H,2,10H2,1H3. The van der Waals surface area contributed by atoms with Crippen LogP contribution < -0.4 is 10.1 Å². The second-order valence-corrected chi connectivity index (χ2v) is 4.72. The van der Waals surface area contributed by atoms with Crippen molar-refractivity contribution >= 4 is 17.3 Å². The molecule has 3 aromatic heterocycles. The Morgan fingerprint density at radius 2 is 2.22 bits per heavy atom. The molecule has 8 nitrogen and oxygen atoms in total. The van der Waals surface area contributed by atoms with Gasteiger partial charge in [-0.25, -0.2) is 4.98 Å². The predicted octanol–water partition coefficient (Wildman–Crippen LogP) is 2.65. The summed E-state index contributed by atoms with van der Waals surface area (Å²) in [4.78, 5) is 19.3. The lowest BCUT2D eigenvalue weighted by Gasteiger charge is -2.09. The zero-order valence-corrected chi connectivity index (χ0v) is 12.5. The van der Waals surface area contributed by atoms with Crippen molar-refractivity contribution in [3.05, 3.63) is 58.4 Å². The molecule has 8 heteroatoms. The Hall–Kier alpha value is -3.16. The average Bonchev–Trinajstić information content (AvgIpc) is 2.93. The predicted molar refractivity (Wildman–Crippen MR) is 84.6 cm³/mol. The number of rotatable bonds is 6. The van der Waals surface area contributed by atoms with Gasteiger partial charge in [-0.15, -0.1) is 0 Å². The molecule has 3 aromatic rings. The summed E-state index contributed by atoms with van der Waals surface area (Å²) in [6, 6.07) is 8.86. The number of fused-ring (bicyclic) bond motifs is 1. The van der Waals surface area contributed by atoms with E-state index in [4.69, 9.17) is 4.74 Å². The number of nitrogens with one attached hydrogen (secondary N) is 1. The molecule has 0 unspecified atom stereocenters. The van der Waals surface area contributed by atoms with Crippen LogP contribution in [0.3, 0.4) is 0 Å². The highest BCUT2D eigenvalue weighted by Gasteiger charge is 2.22. The van der Waals surface area contributed by atoms with E-state index in [0.29, 0.717) is 24.7 Å². The molecular formula is C15H15N5O3. The normalized spacial score (nSPS) is 10.7. The van der Waals surface area contributed by atoms with E-state index in [0.717, 1.165) is 5.56 Å². The first kappa shape index (κ1) is 14.8. The number of aromatic nitrogens is 3. The Morgan fingerprint density at radius 3 is 3.00 bits per heavy atom. The Labute approximate surface area is 131 Å². The van der Waals surface area contributed by atoms with Crippen LogP contribution in [0.25, 0.3) is 5.65 Å². The summed E-state index contributed by atoms with van der Waals surface area (Å²) < 4.78 is 6.89. The van der Waals surface area contributed by atoms with E-state index in [-0.39, 0.29) is 11.6 Å². The maximum absolute atomic E-state index is 11.3. The molecule has 0 atom stereocenters.